The van der Waals surface area contributed by atoms with Gasteiger partial charge in [0.1, 0.15) is 0 Å². The van der Waals surface area contributed by atoms with E-state index in [4.69, 9.17) is 5.26 Å². The Labute approximate surface area is 104 Å². The van der Waals surface area contributed by atoms with Crippen LogP contribution in [-0.2, 0) is 6.42 Å². The predicted octanol–water partition coefficient (Wildman–Crippen LogP) is 2.45. The van der Waals surface area contributed by atoms with Gasteiger partial charge in [0.25, 0.3) is 0 Å². The summed E-state index contributed by atoms with van der Waals surface area (Å²) in [4.78, 5) is 0. The number of rotatable bonds is 4. The highest BCUT2D eigenvalue weighted by Gasteiger charge is 2.12. The summed E-state index contributed by atoms with van der Waals surface area (Å²) in [5.41, 5.74) is 0.999. The van der Waals surface area contributed by atoms with Gasteiger partial charge in [0.2, 0.25) is 0 Å². The second-order valence-electron chi connectivity index (χ2n) is 3.34. The average Bonchev–Trinajstić information content (AvgIpc) is 2.74. The first-order valence-corrected chi connectivity index (χ1v) is 6.34. The minimum atomic E-state index is 0.270. The minimum absolute atomic E-state index is 0.270. The quantitative estimate of drug-likeness (QED) is 0.775. The van der Waals surface area contributed by atoms with Crippen molar-refractivity contribution in [2.24, 2.45) is 0 Å². The first-order chi connectivity index (χ1) is 8.36. The van der Waals surface area contributed by atoms with Crippen LogP contribution in [0.25, 0.3) is 5.69 Å². The maximum absolute atomic E-state index is 8.79. The van der Waals surface area contributed by atoms with Crippen LogP contribution in [0.1, 0.15) is 12.7 Å². The Bertz CT molecular complexity index is 527. The van der Waals surface area contributed by atoms with Gasteiger partial charge in [-0.3, -0.25) is 4.57 Å². The molecule has 0 saturated carbocycles. The molecule has 86 valence electrons. The average molecular weight is 244 g/mol. The fourth-order valence-electron chi connectivity index (χ4n) is 1.54. The van der Waals surface area contributed by atoms with Gasteiger partial charge >= 0.3 is 0 Å². The third-order valence-electron chi connectivity index (χ3n) is 2.23. The summed E-state index contributed by atoms with van der Waals surface area (Å²) < 4.78 is 1.94. The zero-order chi connectivity index (χ0) is 12.1. The Morgan fingerprint density at radius 1 is 1.29 bits per heavy atom. The summed E-state index contributed by atoms with van der Waals surface area (Å²) in [5, 5.41) is 17.8. The minimum Gasteiger partial charge on any atom is -0.273 e. The van der Waals surface area contributed by atoms with Crippen LogP contribution in [0.2, 0.25) is 0 Å². The number of aromatic nitrogens is 3. The number of thioether (sulfide) groups is 1. The Kier molecular flexibility index (Phi) is 3.78. The lowest BCUT2D eigenvalue weighted by atomic mass is 10.3. The molecule has 1 aromatic heterocycles. The molecule has 0 aliphatic rings. The lowest BCUT2D eigenvalue weighted by Crippen LogP contribution is -2.02. The lowest BCUT2D eigenvalue weighted by molar-refractivity contribution is 0.856. The van der Waals surface area contributed by atoms with E-state index >= 15 is 0 Å². The molecule has 1 heterocycles. The number of benzene rings is 1. The van der Waals surface area contributed by atoms with E-state index < -0.39 is 0 Å². The van der Waals surface area contributed by atoms with Crippen LogP contribution < -0.4 is 0 Å². The molecule has 5 heteroatoms. The molecule has 1 aromatic carbocycles. The summed E-state index contributed by atoms with van der Waals surface area (Å²) in [6.07, 6.45) is 0.270. The number of nitriles is 1. The van der Waals surface area contributed by atoms with Gasteiger partial charge in [-0.2, -0.15) is 5.26 Å². The third-order valence-corrected chi connectivity index (χ3v) is 3.04. The van der Waals surface area contributed by atoms with Gasteiger partial charge in [-0.1, -0.05) is 36.9 Å². The zero-order valence-corrected chi connectivity index (χ0v) is 10.3. The van der Waals surface area contributed by atoms with Gasteiger partial charge in [-0.15, -0.1) is 10.2 Å². The Balaban J connectivity index is 2.49. The number of hydrogen-bond acceptors (Lipinski definition) is 4. The van der Waals surface area contributed by atoms with E-state index in [-0.39, 0.29) is 6.42 Å². The van der Waals surface area contributed by atoms with Crippen LogP contribution in [0.3, 0.4) is 0 Å². The van der Waals surface area contributed by atoms with E-state index in [0.717, 1.165) is 16.6 Å². The van der Waals surface area contributed by atoms with E-state index in [1.54, 1.807) is 11.8 Å². The van der Waals surface area contributed by atoms with Crippen LogP contribution in [0.15, 0.2) is 35.5 Å². The third kappa shape index (κ3) is 2.48. The normalized spacial score (nSPS) is 10.1. The van der Waals surface area contributed by atoms with Crippen molar-refractivity contribution < 1.29 is 0 Å². The molecule has 0 aliphatic carbocycles. The molecule has 0 radical (unpaired) electrons. The largest absolute Gasteiger partial charge is 0.273 e. The molecule has 0 N–H and O–H groups in total. The highest BCUT2D eigenvalue weighted by atomic mass is 32.2. The second kappa shape index (κ2) is 5.51. The molecule has 2 rings (SSSR count). The maximum Gasteiger partial charge on any atom is 0.195 e. The predicted molar refractivity (Wildman–Crippen MR) is 67.1 cm³/mol. The monoisotopic (exact) mass is 244 g/mol. The molecule has 4 nitrogen and oxygen atoms in total. The molecule has 0 saturated heterocycles. The van der Waals surface area contributed by atoms with Crippen molar-refractivity contribution in [2.75, 3.05) is 5.75 Å². The van der Waals surface area contributed by atoms with Crippen LogP contribution in [0, 0.1) is 11.3 Å². The zero-order valence-electron chi connectivity index (χ0n) is 9.50. The molecule has 0 atom stereocenters. The first kappa shape index (κ1) is 11.7. The summed E-state index contributed by atoms with van der Waals surface area (Å²) in [6.45, 7) is 2.07. The van der Waals surface area contributed by atoms with Crippen LogP contribution >= 0.6 is 11.8 Å². The second-order valence-corrected chi connectivity index (χ2v) is 4.57. The SMILES string of the molecule is CCSc1nnc(CC#N)n1-c1ccccc1. The summed E-state index contributed by atoms with van der Waals surface area (Å²) in [7, 11) is 0. The molecule has 0 fully saturated rings. The maximum atomic E-state index is 8.79. The Hall–Kier alpha value is -1.80. The van der Waals surface area contributed by atoms with Crippen molar-refractivity contribution >= 4 is 11.8 Å². The molecule has 17 heavy (non-hydrogen) atoms. The van der Waals surface area contributed by atoms with Gasteiger partial charge in [0.15, 0.2) is 11.0 Å². The Morgan fingerprint density at radius 2 is 2.06 bits per heavy atom. The lowest BCUT2D eigenvalue weighted by Gasteiger charge is -2.07. The van der Waals surface area contributed by atoms with Crippen molar-refractivity contribution in [3.8, 4) is 11.8 Å². The van der Waals surface area contributed by atoms with Crippen molar-refractivity contribution in [1.29, 1.82) is 5.26 Å². The number of nitrogens with zero attached hydrogens (tertiary/aromatic N) is 4. The van der Waals surface area contributed by atoms with Crippen LogP contribution in [-0.4, -0.2) is 20.5 Å². The molecule has 0 amide bonds. The molecular formula is C12H12N4S. The van der Waals surface area contributed by atoms with Crippen LogP contribution in [0.4, 0.5) is 0 Å². The van der Waals surface area contributed by atoms with Crippen LogP contribution in [0.5, 0.6) is 0 Å². The topological polar surface area (TPSA) is 54.5 Å². The molecule has 0 aliphatic heterocycles. The summed E-state index contributed by atoms with van der Waals surface area (Å²) in [6, 6.07) is 12.0. The summed E-state index contributed by atoms with van der Waals surface area (Å²) in [5.74, 6) is 1.62. The number of hydrogen-bond donors (Lipinski definition) is 0. The van der Waals surface area contributed by atoms with Crippen molar-refractivity contribution in [1.82, 2.24) is 14.8 Å². The van der Waals surface area contributed by atoms with Gasteiger partial charge in [-0.25, -0.2) is 0 Å². The highest BCUT2D eigenvalue weighted by molar-refractivity contribution is 7.99. The van der Waals surface area contributed by atoms with Gasteiger partial charge < -0.3 is 0 Å². The summed E-state index contributed by atoms with van der Waals surface area (Å²) >= 11 is 1.62. The highest BCUT2D eigenvalue weighted by Crippen LogP contribution is 2.21. The molecule has 0 spiro atoms. The van der Waals surface area contributed by atoms with Gasteiger partial charge in [0.05, 0.1) is 12.5 Å². The van der Waals surface area contributed by atoms with Gasteiger partial charge in [0, 0.05) is 5.69 Å². The van der Waals surface area contributed by atoms with E-state index in [1.165, 1.54) is 0 Å². The smallest absolute Gasteiger partial charge is 0.195 e. The first-order valence-electron chi connectivity index (χ1n) is 5.36. The van der Waals surface area contributed by atoms with E-state index in [2.05, 4.69) is 23.2 Å². The fourth-order valence-corrected chi connectivity index (χ4v) is 2.24. The van der Waals surface area contributed by atoms with E-state index in [9.17, 15) is 0 Å². The molecule has 0 unspecified atom stereocenters. The standard InChI is InChI=1S/C12H12N4S/c1-2-17-12-15-14-11(8-9-13)16(12)10-6-4-3-5-7-10/h3-7H,2,8H2,1H3. The van der Waals surface area contributed by atoms with Crippen molar-refractivity contribution in [3.05, 3.63) is 36.2 Å². The Morgan fingerprint density at radius 3 is 2.71 bits per heavy atom. The van der Waals surface area contributed by atoms with E-state index in [1.807, 2.05) is 34.9 Å². The van der Waals surface area contributed by atoms with Crippen molar-refractivity contribution in [2.45, 2.75) is 18.5 Å². The van der Waals surface area contributed by atoms with E-state index in [0.29, 0.717) is 5.82 Å². The number of para-hydroxylation sites is 1. The fraction of sp³-hybridized carbons (Fsp3) is 0.250. The molecular weight excluding hydrogens is 232 g/mol. The van der Waals surface area contributed by atoms with Gasteiger partial charge in [-0.05, 0) is 17.9 Å². The molecule has 0 bridgehead atoms. The molecule has 2 aromatic rings. The van der Waals surface area contributed by atoms with Crippen molar-refractivity contribution in [3.63, 3.8) is 0 Å².